The van der Waals surface area contributed by atoms with E-state index in [9.17, 15) is 0 Å². The van der Waals surface area contributed by atoms with Crippen LogP contribution in [-0.2, 0) is 0 Å². The highest BCUT2D eigenvalue weighted by Gasteiger charge is 2.22. The van der Waals surface area contributed by atoms with Crippen LogP contribution in [0.1, 0.15) is 0 Å². The second kappa shape index (κ2) is 16.4. The summed E-state index contributed by atoms with van der Waals surface area (Å²) in [6.45, 7) is 0. The molecule has 0 aliphatic rings. The van der Waals surface area contributed by atoms with Gasteiger partial charge in [-0.05, 0) is 99.1 Å². The van der Waals surface area contributed by atoms with Gasteiger partial charge in [-0.1, -0.05) is 182 Å². The van der Waals surface area contributed by atoms with Crippen LogP contribution < -0.4 is 0 Å². The van der Waals surface area contributed by atoms with E-state index in [-0.39, 0.29) is 0 Å². The van der Waals surface area contributed by atoms with E-state index in [1.807, 2.05) is 36.4 Å². The monoisotopic (exact) mass is 868 g/mol. The standard InChI is InChI=1S/C63H40N4O/c1-6-19-41(20-7-1)46-35-47(42-21-8-2-9-22-42)37-48(36-46)45-33-34-50(54(38-45)63-65-61(43-23-10-3-11-24-43)64-62(66-63)44-25-12-4-13-26-44)52-30-18-32-58-60(52)55-39-53-51-29-16-17-31-56(51)67(49-27-14-5-15-28-49)57(53)40-59(55)68-58/h1-40H. The molecule has 0 spiro atoms. The second-order valence-electron chi connectivity index (χ2n) is 17.2. The van der Waals surface area contributed by atoms with Crippen molar-refractivity contribution >= 4 is 43.7 Å². The Hall–Kier alpha value is -9.19. The van der Waals surface area contributed by atoms with Crippen LogP contribution in [0.3, 0.4) is 0 Å². The lowest BCUT2D eigenvalue weighted by atomic mass is 9.89. The maximum Gasteiger partial charge on any atom is 0.164 e. The minimum absolute atomic E-state index is 0.579. The van der Waals surface area contributed by atoms with Crippen LogP contribution in [0.15, 0.2) is 247 Å². The van der Waals surface area contributed by atoms with Crippen LogP contribution in [0, 0.1) is 0 Å². The Kier molecular flexibility index (Phi) is 9.43. The number of hydrogen-bond acceptors (Lipinski definition) is 4. The normalized spacial score (nSPS) is 11.5. The fourth-order valence-corrected chi connectivity index (χ4v) is 9.83. The van der Waals surface area contributed by atoms with E-state index in [2.05, 4.69) is 211 Å². The van der Waals surface area contributed by atoms with E-state index in [4.69, 9.17) is 19.4 Å². The van der Waals surface area contributed by atoms with Gasteiger partial charge in [0.05, 0.1) is 11.0 Å². The molecule has 0 atom stereocenters. The van der Waals surface area contributed by atoms with Crippen LogP contribution in [0.2, 0.25) is 0 Å². The molecule has 0 aliphatic carbocycles. The third kappa shape index (κ3) is 6.84. The van der Waals surface area contributed by atoms with Gasteiger partial charge >= 0.3 is 0 Å². The number of furan rings is 1. The van der Waals surface area contributed by atoms with Crippen molar-refractivity contribution in [2.24, 2.45) is 0 Å². The van der Waals surface area contributed by atoms with Gasteiger partial charge in [0.25, 0.3) is 0 Å². The summed E-state index contributed by atoms with van der Waals surface area (Å²) >= 11 is 0. The van der Waals surface area contributed by atoms with Crippen molar-refractivity contribution in [1.82, 2.24) is 19.5 Å². The first-order chi connectivity index (χ1) is 33.7. The van der Waals surface area contributed by atoms with Crippen LogP contribution in [-0.4, -0.2) is 19.5 Å². The van der Waals surface area contributed by atoms with Crippen molar-refractivity contribution in [3.63, 3.8) is 0 Å². The molecule has 318 valence electrons. The number of nitrogens with zero attached hydrogens (tertiary/aromatic N) is 4. The van der Waals surface area contributed by atoms with Gasteiger partial charge in [-0.2, -0.15) is 0 Å². The summed E-state index contributed by atoms with van der Waals surface area (Å²) < 4.78 is 9.19. The zero-order chi connectivity index (χ0) is 45.0. The lowest BCUT2D eigenvalue weighted by Crippen LogP contribution is -2.01. The predicted molar refractivity (Wildman–Crippen MR) is 279 cm³/mol. The topological polar surface area (TPSA) is 56.7 Å². The van der Waals surface area contributed by atoms with Gasteiger partial charge in [-0.25, -0.2) is 15.0 Å². The Balaban J connectivity index is 1.08. The van der Waals surface area contributed by atoms with Gasteiger partial charge in [0.15, 0.2) is 17.5 Å². The summed E-state index contributed by atoms with van der Waals surface area (Å²) in [7, 11) is 0. The largest absolute Gasteiger partial charge is 0.456 e. The minimum atomic E-state index is 0.579. The molecule has 3 heterocycles. The first-order valence-electron chi connectivity index (χ1n) is 22.9. The van der Waals surface area contributed by atoms with Gasteiger partial charge in [-0.3, -0.25) is 0 Å². The Morgan fingerprint density at radius 2 is 0.809 bits per heavy atom. The van der Waals surface area contributed by atoms with Crippen molar-refractivity contribution in [2.75, 3.05) is 0 Å². The summed E-state index contributed by atoms with van der Waals surface area (Å²) in [5.41, 5.74) is 16.4. The maximum atomic E-state index is 6.86. The minimum Gasteiger partial charge on any atom is -0.456 e. The van der Waals surface area contributed by atoms with E-state index >= 15 is 0 Å². The number of aromatic nitrogens is 4. The molecular formula is C63H40N4O. The summed E-state index contributed by atoms with van der Waals surface area (Å²) in [5, 5.41) is 4.43. The molecule has 0 amide bonds. The second-order valence-corrected chi connectivity index (χ2v) is 17.2. The van der Waals surface area contributed by atoms with Gasteiger partial charge in [-0.15, -0.1) is 0 Å². The molecule has 0 aliphatic heterocycles. The summed E-state index contributed by atoms with van der Waals surface area (Å²) in [6.07, 6.45) is 0. The Morgan fingerprint density at radius 3 is 1.43 bits per heavy atom. The average molecular weight is 869 g/mol. The predicted octanol–water partition coefficient (Wildman–Crippen LogP) is 16.5. The zero-order valence-corrected chi connectivity index (χ0v) is 36.8. The van der Waals surface area contributed by atoms with Gasteiger partial charge in [0, 0.05) is 50.0 Å². The maximum absolute atomic E-state index is 6.86. The molecule has 0 saturated heterocycles. The molecule has 68 heavy (non-hydrogen) atoms. The van der Waals surface area contributed by atoms with Gasteiger partial charge in [0.1, 0.15) is 11.2 Å². The molecule has 0 fully saturated rings. The molecule has 0 bridgehead atoms. The van der Waals surface area contributed by atoms with Gasteiger partial charge in [0.2, 0.25) is 0 Å². The molecular weight excluding hydrogens is 829 g/mol. The van der Waals surface area contributed by atoms with Crippen molar-refractivity contribution in [1.29, 1.82) is 0 Å². The van der Waals surface area contributed by atoms with Crippen LogP contribution in [0.4, 0.5) is 0 Å². The molecule has 10 aromatic carbocycles. The number of benzene rings is 10. The van der Waals surface area contributed by atoms with Crippen LogP contribution in [0.5, 0.6) is 0 Å². The first-order valence-corrected chi connectivity index (χ1v) is 22.9. The van der Waals surface area contributed by atoms with E-state index < -0.39 is 0 Å². The number of rotatable bonds is 8. The molecule has 0 saturated carbocycles. The smallest absolute Gasteiger partial charge is 0.164 e. The molecule has 13 rings (SSSR count). The first kappa shape index (κ1) is 39.2. The number of hydrogen-bond donors (Lipinski definition) is 0. The Morgan fingerprint density at radius 1 is 0.279 bits per heavy atom. The summed E-state index contributed by atoms with van der Waals surface area (Å²) in [4.78, 5) is 15.8. The van der Waals surface area contributed by atoms with E-state index in [1.54, 1.807) is 0 Å². The molecule has 0 unspecified atom stereocenters. The van der Waals surface area contributed by atoms with Crippen LogP contribution in [0.25, 0.3) is 128 Å². The lowest BCUT2D eigenvalue weighted by molar-refractivity contribution is 0.669. The van der Waals surface area contributed by atoms with Crippen molar-refractivity contribution in [3.05, 3.63) is 243 Å². The molecule has 5 nitrogen and oxygen atoms in total. The van der Waals surface area contributed by atoms with Gasteiger partial charge < -0.3 is 8.98 Å². The lowest BCUT2D eigenvalue weighted by Gasteiger charge is -2.16. The highest BCUT2D eigenvalue weighted by molar-refractivity contribution is 6.20. The number of para-hydroxylation sites is 2. The fraction of sp³-hybridized carbons (Fsp3) is 0. The van der Waals surface area contributed by atoms with E-state index in [0.717, 1.165) is 105 Å². The third-order valence-electron chi connectivity index (χ3n) is 13.0. The fourth-order valence-electron chi connectivity index (χ4n) is 9.83. The molecule has 0 N–H and O–H groups in total. The van der Waals surface area contributed by atoms with E-state index in [0.29, 0.717) is 17.5 Å². The average Bonchev–Trinajstić information content (AvgIpc) is 3.95. The Labute approximate surface area is 392 Å². The molecule has 3 aromatic heterocycles. The molecule has 5 heteroatoms. The highest BCUT2D eigenvalue weighted by atomic mass is 16.3. The third-order valence-corrected chi connectivity index (χ3v) is 13.0. The highest BCUT2D eigenvalue weighted by Crippen LogP contribution is 2.45. The molecule has 0 radical (unpaired) electrons. The Bertz CT molecular complexity index is 3880. The quantitative estimate of drug-likeness (QED) is 0.153. The van der Waals surface area contributed by atoms with Crippen molar-refractivity contribution in [3.8, 4) is 84.4 Å². The SMILES string of the molecule is c1ccc(-c2cc(-c3ccccc3)cc(-c3ccc(-c4cccc5oc6cc7c(cc6c45)c4ccccc4n7-c4ccccc4)c(-c4nc(-c5ccccc5)nc(-c5ccccc5)n4)c3)c2)cc1. The summed E-state index contributed by atoms with van der Waals surface area (Å²) in [5.74, 6) is 1.79. The van der Waals surface area contributed by atoms with Crippen molar-refractivity contribution < 1.29 is 4.42 Å². The zero-order valence-electron chi connectivity index (χ0n) is 36.8. The summed E-state index contributed by atoms with van der Waals surface area (Å²) in [6, 6.07) is 85.2. The number of fused-ring (bicyclic) bond motifs is 6. The van der Waals surface area contributed by atoms with E-state index in [1.165, 1.54) is 5.39 Å². The molecule has 13 aromatic rings. The van der Waals surface area contributed by atoms with Crippen LogP contribution >= 0.6 is 0 Å². The van der Waals surface area contributed by atoms with Crippen molar-refractivity contribution in [2.45, 2.75) is 0 Å².